The largest absolute Gasteiger partial charge is 0.357 e. The molecule has 0 fully saturated rings. The predicted molar refractivity (Wildman–Crippen MR) is 113 cm³/mol. The third-order valence-corrected chi connectivity index (χ3v) is 3.49. The molecule has 0 saturated carbocycles. The van der Waals surface area contributed by atoms with Crippen molar-refractivity contribution in [3.8, 4) is 0 Å². The van der Waals surface area contributed by atoms with Crippen LogP contribution in [0.3, 0.4) is 0 Å². The summed E-state index contributed by atoms with van der Waals surface area (Å²) in [5, 5.41) is 6.63. The zero-order valence-corrected chi connectivity index (χ0v) is 17.6. The highest BCUT2D eigenvalue weighted by molar-refractivity contribution is 14.0. The van der Waals surface area contributed by atoms with Crippen LogP contribution in [-0.2, 0) is 19.5 Å². The Balaban J connectivity index is 0.00000312. The van der Waals surface area contributed by atoms with Crippen molar-refractivity contribution in [3.63, 3.8) is 0 Å². The second kappa shape index (κ2) is 11.8. The number of hydrogen-bond donors (Lipinski definition) is 2. The molecule has 25 heavy (non-hydrogen) atoms. The summed E-state index contributed by atoms with van der Waals surface area (Å²) in [5.41, 5.74) is 1.08. The molecule has 6 nitrogen and oxygen atoms in total. The Morgan fingerprint density at radius 3 is 2.72 bits per heavy atom. The molecule has 0 saturated heterocycles. The predicted octanol–water partition coefficient (Wildman–Crippen LogP) is 2.85. The number of pyridine rings is 1. The van der Waals surface area contributed by atoms with Crippen LogP contribution in [0.5, 0.6) is 0 Å². The van der Waals surface area contributed by atoms with E-state index in [9.17, 15) is 0 Å². The van der Waals surface area contributed by atoms with Crippen LogP contribution >= 0.6 is 24.0 Å². The molecule has 0 atom stereocenters. The Bertz CT molecular complexity index is 624. The van der Waals surface area contributed by atoms with E-state index >= 15 is 0 Å². The number of aromatic nitrogens is 3. The molecule has 138 valence electrons. The standard InChI is InChI=1S/C18H28N6.HI/c1-4-19-18(22-10-8-16-7-5-6-9-20-16)23-13-17-21-11-12-24(17)14-15(2)3;/h5-7,9,11-12,15H,4,8,10,13-14H2,1-3H3,(H2,19,22,23);1H. The zero-order chi connectivity index (χ0) is 17.2. The van der Waals surface area contributed by atoms with Crippen molar-refractivity contribution in [1.29, 1.82) is 0 Å². The van der Waals surface area contributed by atoms with Crippen molar-refractivity contribution in [2.24, 2.45) is 10.9 Å². The number of nitrogens with one attached hydrogen (secondary N) is 2. The second-order valence-corrected chi connectivity index (χ2v) is 6.08. The molecule has 0 radical (unpaired) electrons. The topological polar surface area (TPSA) is 67.1 Å². The van der Waals surface area contributed by atoms with Gasteiger partial charge in [-0.15, -0.1) is 24.0 Å². The van der Waals surface area contributed by atoms with Gasteiger partial charge < -0.3 is 15.2 Å². The van der Waals surface area contributed by atoms with Crippen LogP contribution in [0.2, 0.25) is 0 Å². The van der Waals surface area contributed by atoms with E-state index in [2.05, 4.69) is 50.9 Å². The first-order valence-corrected chi connectivity index (χ1v) is 8.61. The van der Waals surface area contributed by atoms with Gasteiger partial charge in [0.05, 0.1) is 0 Å². The summed E-state index contributed by atoms with van der Waals surface area (Å²) in [4.78, 5) is 13.4. The zero-order valence-electron chi connectivity index (χ0n) is 15.3. The van der Waals surface area contributed by atoms with Crippen molar-refractivity contribution in [1.82, 2.24) is 25.2 Å². The van der Waals surface area contributed by atoms with Crippen LogP contribution in [0, 0.1) is 5.92 Å². The normalized spacial score (nSPS) is 11.3. The highest BCUT2D eigenvalue weighted by Crippen LogP contribution is 2.04. The van der Waals surface area contributed by atoms with Gasteiger partial charge in [-0.3, -0.25) is 4.98 Å². The van der Waals surface area contributed by atoms with E-state index in [4.69, 9.17) is 0 Å². The van der Waals surface area contributed by atoms with E-state index in [0.717, 1.165) is 43.5 Å². The average Bonchev–Trinajstić information content (AvgIpc) is 3.00. The first kappa shape index (κ1) is 21.4. The molecule has 2 heterocycles. The van der Waals surface area contributed by atoms with Gasteiger partial charge in [-0.25, -0.2) is 9.98 Å². The summed E-state index contributed by atoms with van der Waals surface area (Å²) < 4.78 is 2.17. The molecule has 2 rings (SSSR count). The minimum atomic E-state index is 0. The third-order valence-electron chi connectivity index (χ3n) is 3.49. The van der Waals surface area contributed by atoms with E-state index in [-0.39, 0.29) is 24.0 Å². The van der Waals surface area contributed by atoms with Crippen molar-refractivity contribution < 1.29 is 0 Å². The van der Waals surface area contributed by atoms with Gasteiger partial charge in [0, 0.05) is 50.3 Å². The molecular formula is C18H29IN6. The summed E-state index contributed by atoms with van der Waals surface area (Å²) in [7, 11) is 0. The lowest BCUT2D eigenvalue weighted by Crippen LogP contribution is -2.38. The highest BCUT2D eigenvalue weighted by Gasteiger charge is 2.05. The maximum absolute atomic E-state index is 4.65. The molecular weight excluding hydrogens is 427 g/mol. The molecule has 0 aliphatic heterocycles. The average molecular weight is 456 g/mol. The second-order valence-electron chi connectivity index (χ2n) is 6.08. The molecule has 0 bridgehead atoms. The molecule has 7 heteroatoms. The van der Waals surface area contributed by atoms with E-state index in [0.29, 0.717) is 12.5 Å². The van der Waals surface area contributed by atoms with Gasteiger partial charge >= 0.3 is 0 Å². The van der Waals surface area contributed by atoms with Gasteiger partial charge in [-0.2, -0.15) is 0 Å². The van der Waals surface area contributed by atoms with Crippen LogP contribution in [0.15, 0.2) is 41.8 Å². The van der Waals surface area contributed by atoms with Crippen molar-refractivity contribution in [3.05, 3.63) is 48.3 Å². The van der Waals surface area contributed by atoms with Gasteiger partial charge in [-0.05, 0) is 25.0 Å². The quantitative estimate of drug-likeness (QED) is 0.364. The monoisotopic (exact) mass is 456 g/mol. The molecule has 2 aromatic rings. The SMILES string of the molecule is CCNC(=NCc1nccn1CC(C)C)NCCc1ccccn1.I. The van der Waals surface area contributed by atoms with E-state index in [1.54, 1.807) is 0 Å². The van der Waals surface area contributed by atoms with Crippen LogP contribution in [0.25, 0.3) is 0 Å². The third kappa shape index (κ3) is 7.85. The lowest BCUT2D eigenvalue weighted by atomic mass is 10.2. The Hall–Kier alpha value is -1.64. The first-order valence-electron chi connectivity index (χ1n) is 8.61. The molecule has 0 aromatic carbocycles. The highest BCUT2D eigenvalue weighted by atomic mass is 127. The molecule has 2 N–H and O–H groups in total. The van der Waals surface area contributed by atoms with E-state index in [1.165, 1.54) is 0 Å². The van der Waals surface area contributed by atoms with Crippen LogP contribution in [0.1, 0.15) is 32.3 Å². The summed E-state index contributed by atoms with van der Waals surface area (Å²) >= 11 is 0. The van der Waals surface area contributed by atoms with Crippen LogP contribution in [-0.4, -0.2) is 33.6 Å². The summed E-state index contributed by atoms with van der Waals surface area (Å²) in [6.45, 7) is 9.63. The van der Waals surface area contributed by atoms with Gasteiger partial charge in [-0.1, -0.05) is 19.9 Å². The maximum Gasteiger partial charge on any atom is 0.191 e. The van der Waals surface area contributed by atoms with Gasteiger partial charge in [0.1, 0.15) is 12.4 Å². The lowest BCUT2D eigenvalue weighted by molar-refractivity contribution is 0.507. The molecule has 0 unspecified atom stereocenters. The number of rotatable bonds is 8. The summed E-state index contributed by atoms with van der Waals surface area (Å²) in [5.74, 6) is 2.39. The smallest absolute Gasteiger partial charge is 0.191 e. The number of hydrogen-bond acceptors (Lipinski definition) is 3. The molecule has 0 amide bonds. The van der Waals surface area contributed by atoms with Gasteiger partial charge in [0.2, 0.25) is 0 Å². The molecule has 0 spiro atoms. The van der Waals surface area contributed by atoms with Gasteiger partial charge in [0.25, 0.3) is 0 Å². The van der Waals surface area contributed by atoms with E-state index in [1.807, 2.05) is 36.8 Å². The fourth-order valence-electron chi connectivity index (χ4n) is 2.40. The number of halogens is 1. The summed E-state index contributed by atoms with van der Waals surface area (Å²) in [6.07, 6.45) is 6.55. The van der Waals surface area contributed by atoms with Crippen LogP contribution < -0.4 is 10.6 Å². The molecule has 0 aliphatic rings. The van der Waals surface area contributed by atoms with Crippen molar-refractivity contribution in [2.45, 2.75) is 40.3 Å². The Labute approximate surface area is 167 Å². The Kier molecular flexibility index (Phi) is 10.1. The minimum absolute atomic E-state index is 0. The minimum Gasteiger partial charge on any atom is -0.357 e. The number of guanidine groups is 1. The summed E-state index contributed by atoms with van der Waals surface area (Å²) in [6, 6.07) is 5.98. The van der Waals surface area contributed by atoms with Gasteiger partial charge in [0.15, 0.2) is 5.96 Å². The fourth-order valence-corrected chi connectivity index (χ4v) is 2.40. The first-order chi connectivity index (χ1) is 11.7. The Morgan fingerprint density at radius 2 is 2.04 bits per heavy atom. The molecule has 2 aromatic heterocycles. The number of nitrogens with zero attached hydrogens (tertiary/aromatic N) is 4. The molecule has 0 aliphatic carbocycles. The van der Waals surface area contributed by atoms with Crippen LogP contribution in [0.4, 0.5) is 0 Å². The van der Waals surface area contributed by atoms with Crippen molar-refractivity contribution >= 4 is 29.9 Å². The Morgan fingerprint density at radius 1 is 1.20 bits per heavy atom. The van der Waals surface area contributed by atoms with E-state index < -0.39 is 0 Å². The maximum atomic E-state index is 4.65. The fraction of sp³-hybridized carbons (Fsp3) is 0.500. The number of aliphatic imine (C=N–C) groups is 1. The number of imidazole rings is 1. The lowest BCUT2D eigenvalue weighted by Gasteiger charge is -2.12. The van der Waals surface area contributed by atoms with Crippen molar-refractivity contribution in [2.75, 3.05) is 13.1 Å².